The standard InChI is InChI=1S/C17H24N4O2S3/c1-19-16(10-13-6-9-26(22,23)11-13)18-21(17(19)24)12-20-7-2-4-14(20)15-5-3-8-25-15/h3,5,8,13-14H,2,4,6-7,9-12H2,1H3/p+1/t13-,14-/m0/s1. The quantitative estimate of drug-likeness (QED) is 0.752. The SMILES string of the molecule is Cn1c(C[C@@H]2CCS(=O)(=O)C2)nn(C[NH+]2CCC[C@H]2c2cccs2)c1=S. The molecule has 9 heteroatoms. The van der Waals surface area contributed by atoms with Crippen molar-refractivity contribution < 1.29 is 13.3 Å². The zero-order valence-electron chi connectivity index (χ0n) is 14.9. The van der Waals surface area contributed by atoms with Gasteiger partial charge in [0.05, 0.1) is 22.9 Å². The molecule has 0 radical (unpaired) electrons. The van der Waals surface area contributed by atoms with Crippen LogP contribution in [0, 0.1) is 10.7 Å². The zero-order valence-corrected chi connectivity index (χ0v) is 17.4. The van der Waals surface area contributed by atoms with Crippen molar-refractivity contribution in [3.05, 3.63) is 33.0 Å². The highest BCUT2D eigenvalue weighted by atomic mass is 32.2. The molecule has 3 atom stereocenters. The van der Waals surface area contributed by atoms with Gasteiger partial charge in [-0.1, -0.05) is 6.07 Å². The molecule has 0 aliphatic carbocycles. The summed E-state index contributed by atoms with van der Waals surface area (Å²) in [6.07, 6.45) is 3.86. The van der Waals surface area contributed by atoms with E-state index in [-0.39, 0.29) is 11.7 Å². The molecule has 26 heavy (non-hydrogen) atoms. The summed E-state index contributed by atoms with van der Waals surface area (Å²) < 4.78 is 28.0. The Bertz CT molecular complexity index is 930. The maximum atomic E-state index is 11.7. The first kappa shape index (κ1) is 18.3. The molecule has 4 heterocycles. The minimum absolute atomic E-state index is 0.168. The number of hydrogen-bond donors (Lipinski definition) is 1. The average Bonchev–Trinajstić information content (AvgIpc) is 3.35. The fourth-order valence-corrected chi connectivity index (χ4v) is 7.22. The minimum atomic E-state index is -2.86. The molecular formula is C17H25N4O2S3+. The van der Waals surface area contributed by atoms with Crippen LogP contribution in [-0.2, 0) is 30.0 Å². The Hall–Kier alpha value is -1.03. The van der Waals surface area contributed by atoms with Crippen LogP contribution in [0.2, 0.25) is 0 Å². The predicted molar refractivity (Wildman–Crippen MR) is 105 cm³/mol. The Balaban J connectivity index is 1.50. The van der Waals surface area contributed by atoms with Gasteiger partial charge in [0, 0.05) is 26.3 Å². The number of hydrogen-bond acceptors (Lipinski definition) is 5. The van der Waals surface area contributed by atoms with Gasteiger partial charge in [0.2, 0.25) is 4.77 Å². The molecule has 2 fully saturated rings. The second-order valence-corrected chi connectivity index (χ2v) is 11.1. The number of aromatic nitrogens is 3. The van der Waals surface area contributed by atoms with Crippen LogP contribution in [0.25, 0.3) is 0 Å². The van der Waals surface area contributed by atoms with E-state index in [1.54, 1.807) is 0 Å². The fraction of sp³-hybridized carbons (Fsp3) is 0.647. The molecular weight excluding hydrogens is 388 g/mol. The van der Waals surface area contributed by atoms with E-state index in [9.17, 15) is 8.42 Å². The van der Waals surface area contributed by atoms with Crippen LogP contribution in [0.15, 0.2) is 17.5 Å². The second kappa shape index (κ2) is 7.18. The van der Waals surface area contributed by atoms with E-state index in [1.165, 1.54) is 22.6 Å². The van der Waals surface area contributed by atoms with E-state index in [4.69, 9.17) is 17.3 Å². The van der Waals surface area contributed by atoms with E-state index in [2.05, 4.69) is 17.5 Å². The summed E-state index contributed by atoms with van der Waals surface area (Å²) in [6, 6.07) is 4.88. The number of nitrogens with one attached hydrogen (secondary N) is 1. The van der Waals surface area contributed by atoms with Gasteiger partial charge >= 0.3 is 0 Å². The number of likely N-dealkylation sites (tertiary alicyclic amines) is 1. The lowest BCUT2D eigenvalue weighted by Crippen LogP contribution is -3.09. The molecule has 142 valence electrons. The largest absolute Gasteiger partial charge is 0.309 e. The number of nitrogens with zero attached hydrogens (tertiary/aromatic N) is 3. The summed E-state index contributed by atoms with van der Waals surface area (Å²) in [5.74, 6) is 1.67. The topological polar surface area (TPSA) is 61.3 Å². The highest BCUT2D eigenvalue weighted by Crippen LogP contribution is 2.24. The fourth-order valence-electron chi connectivity index (χ4n) is 4.23. The monoisotopic (exact) mass is 413 g/mol. The molecule has 0 spiro atoms. The van der Waals surface area contributed by atoms with Gasteiger partial charge < -0.3 is 9.47 Å². The van der Waals surface area contributed by atoms with Crippen molar-refractivity contribution in [2.24, 2.45) is 13.0 Å². The lowest BCUT2D eigenvalue weighted by Gasteiger charge is -2.20. The summed E-state index contributed by atoms with van der Waals surface area (Å²) in [6.45, 7) is 1.91. The predicted octanol–water partition coefficient (Wildman–Crippen LogP) is 1.37. The van der Waals surface area contributed by atoms with Crippen LogP contribution < -0.4 is 4.90 Å². The Morgan fingerprint density at radius 2 is 2.27 bits per heavy atom. The number of rotatable bonds is 5. The maximum Gasteiger partial charge on any atom is 0.202 e. The Kier molecular flexibility index (Phi) is 5.06. The summed E-state index contributed by atoms with van der Waals surface area (Å²) in [4.78, 5) is 2.95. The van der Waals surface area contributed by atoms with Crippen LogP contribution in [0.4, 0.5) is 0 Å². The van der Waals surface area contributed by atoms with Gasteiger partial charge in [0.1, 0.15) is 11.9 Å². The molecule has 2 saturated heterocycles. The van der Waals surface area contributed by atoms with Gasteiger partial charge in [-0.25, -0.2) is 8.42 Å². The highest BCUT2D eigenvalue weighted by molar-refractivity contribution is 7.91. The van der Waals surface area contributed by atoms with Crippen molar-refractivity contribution in [1.82, 2.24) is 14.3 Å². The third-order valence-electron chi connectivity index (χ3n) is 5.65. The third-order valence-corrected chi connectivity index (χ3v) is 8.96. The Labute approximate surface area is 163 Å². The van der Waals surface area contributed by atoms with E-state index in [0.29, 0.717) is 18.2 Å². The van der Waals surface area contributed by atoms with E-state index in [1.807, 2.05) is 27.6 Å². The number of sulfone groups is 1. The molecule has 0 saturated carbocycles. The average molecular weight is 414 g/mol. The lowest BCUT2D eigenvalue weighted by atomic mass is 10.1. The number of quaternary nitrogens is 1. The molecule has 1 unspecified atom stereocenters. The minimum Gasteiger partial charge on any atom is -0.309 e. The first-order chi connectivity index (χ1) is 12.4. The summed E-state index contributed by atoms with van der Waals surface area (Å²) in [5.41, 5.74) is 0. The van der Waals surface area contributed by atoms with Gasteiger partial charge in [-0.05, 0) is 36.0 Å². The molecule has 2 aromatic rings. The van der Waals surface area contributed by atoms with Crippen LogP contribution >= 0.6 is 23.6 Å². The van der Waals surface area contributed by atoms with Gasteiger partial charge in [0.25, 0.3) is 0 Å². The van der Waals surface area contributed by atoms with Crippen LogP contribution in [-0.4, -0.2) is 40.8 Å². The molecule has 4 rings (SSSR count). The van der Waals surface area contributed by atoms with Crippen molar-refractivity contribution in [3.63, 3.8) is 0 Å². The van der Waals surface area contributed by atoms with Gasteiger partial charge in [-0.15, -0.1) is 11.3 Å². The van der Waals surface area contributed by atoms with Crippen LogP contribution in [0.3, 0.4) is 0 Å². The molecule has 2 aliphatic heterocycles. The van der Waals surface area contributed by atoms with Gasteiger partial charge in [-0.2, -0.15) is 9.78 Å². The molecule has 1 N–H and O–H groups in total. The Morgan fingerprint density at radius 1 is 1.42 bits per heavy atom. The third kappa shape index (κ3) is 3.67. The molecule has 6 nitrogen and oxygen atoms in total. The van der Waals surface area contributed by atoms with Crippen LogP contribution in [0.5, 0.6) is 0 Å². The first-order valence-corrected chi connectivity index (χ1v) is 12.2. The zero-order chi connectivity index (χ0) is 18.3. The van der Waals surface area contributed by atoms with Crippen molar-refractivity contribution in [1.29, 1.82) is 0 Å². The molecule has 0 bridgehead atoms. The van der Waals surface area contributed by atoms with Crippen molar-refractivity contribution in [3.8, 4) is 0 Å². The second-order valence-electron chi connectivity index (χ2n) is 7.51. The van der Waals surface area contributed by atoms with Crippen molar-refractivity contribution in [2.45, 2.75) is 38.4 Å². The number of thiophene rings is 1. The molecule has 2 aliphatic rings. The molecule has 0 amide bonds. The van der Waals surface area contributed by atoms with Crippen molar-refractivity contribution >= 4 is 33.4 Å². The summed E-state index contributed by atoms with van der Waals surface area (Å²) in [7, 11) is -0.910. The smallest absolute Gasteiger partial charge is 0.202 e. The van der Waals surface area contributed by atoms with Gasteiger partial charge in [-0.3, -0.25) is 0 Å². The van der Waals surface area contributed by atoms with Crippen molar-refractivity contribution in [2.75, 3.05) is 18.1 Å². The normalized spacial score (nSPS) is 28.0. The Morgan fingerprint density at radius 3 is 2.96 bits per heavy atom. The molecule has 0 aromatic carbocycles. The lowest BCUT2D eigenvalue weighted by molar-refractivity contribution is -0.941. The van der Waals surface area contributed by atoms with E-state index < -0.39 is 9.84 Å². The van der Waals surface area contributed by atoms with Gasteiger partial charge in [0.15, 0.2) is 16.5 Å². The summed E-state index contributed by atoms with van der Waals surface area (Å²) >= 11 is 7.44. The maximum absolute atomic E-state index is 11.7. The summed E-state index contributed by atoms with van der Waals surface area (Å²) in [5, 5.41) is 6.91. The van der Waals surface area contributed by atoms with E-state index in [0.717, 1.165) is 30.2 Å². The van der Waals surface area contributed by atoms with E-state index >= 15 is 0 Å². The first-order valence-electron chi connectivity index (χ1n) is 9.14. The van der Waals surface area contributed by atoms with Crippen LogP contribution in [0.1, 0.15) is 36.0 Å². The highest BCUT2D eigenvalue weighted by Gasteiger charge is 2.32. The molecule has 2 aromatic heterocycles.